The molecule has 1 aliphatic rings. The fourth-order valence-corrected chi connectivity index (χ4v) is 9.06. The monoisotopic (exact) mass is 756 g/mol. The van der Waals surface area contributed by atoms with Gasteiger partial charge in [0.2, 0.25) is 5.89 Å². The van der Waals surface area contributed by atoms with Crippen LogP contribution < -0.4 is 0 Å². The van der Waals surface area contributed by atoms with Crippen LogP contribution in [0.3, 0.4) is 0 Å². The molecular formula is C53H32N4O2. The van der Waals surface area contributed by atoms with E-state index in [0.29, 0.717) is 23.4 Å². The molecule has 3 aromatic heterocycles. The van der Waals surface area contributed by atoms with E-state index in [2.05, 4.69) is 103 Å². The molecule has 1 aliphatic carbocycles. The van der Waals surface area contributed by atoms with Gasteiger partial charge in [0, 0.05) is 33.0 Å². The van der Waals surface area contributed by atoms with Crippen LogP contribution in [0.4, 0.5) is 0 Å². The van der Waals surface area contributed by atoms with Crippen LogP contribution in [0, 0.1) is 0 Å². The van der Waals surface area contributed by atoms with E-state index in [1.807, 2.05) is 91.0 Å². The fourth-order valence-electron chi connectivity index (χ4n) is 9.06. The number of nitrogens with zero attached hydrogens (tertiary/aromatic N) is 4. The molecule has 0 fully saturated rings. The zero-order valence-electron chi connectivity index (χ0n) is 31.6. The summed E-state index contributed by atoms with van der Waals surface area (Å²) in [6.45, 7) is 0. The van der Waals surface area contributed by atoms with Gasteiger partial charge in [-0.1, -0.05) is 158 Å². The highest BCUT2D eigenvalue weighted by Gasteiger charge is 2.46. The Balaban J connectivity index is 1.05. The summed E-state index contributed by atoms with van der Waals surface area (Å²) < 4.78 is 12.8. The summed E-state index contributed by atoms with van der Waals surface area (Å²) in [4.78, 5) is 20.2. The molecule has 8 aromatic carbocycles. The molecule has 0 radical (unpaired) electrons. The molecule has 0 saturated heterocycles. The van der Waals surface area contributed by atoms with Crippen LogP contribution >= 0.6 is 0 Å². The minimum atomic E-state index is -0.642. The van der Waals surface area contributed by atoms with Crippen molar-refractivity contribution >= 4 is 33.0 Å². The third-order valence-electron chi connectivity index (χ3n) is 11.7. The normalized spacial score (nSPS) is 12.9. The molecular weight excluding hydrogens is 725 g/mol. The first kappa shape index (κ1) is 33.2. The second-order valence-electron chi connectivity index (χ2n) is 14.9. The van der Waals surface area contributed by atoms with Gasteiger partial charge < -0.3 is 8.83 Å². The standard InChI is InChI=1S/C53H32N4O2/c1-3-14-33(15-4-1)49-55-50(57-51(56-49)41-21-13-25-46-48(41)40-20-9-12-24-45(40)58-46)34-26-28-36(29-27-34)53(42-22-10-7-18-38(42)39-19-8-11-23-43(39)53)37-30-31-44-47(32-37)59-52(54-44)35-16-5-2-6-17-35/h1-32H. The van der Waals surface area contributed by atoms with Gasteiger partial charge in [0.25, 0.3) is 0 Å². The molecule has 0 aliphatic heterocycles. The predicted octanol–water partition coefficient (Wildman–Crippen LogP) is 12.9. The van der Waals surface area contributed by atoms with Gasteiger partial charge in [-0.25, -0.2) is 19.9 Å². The Morgan fingerprint density at radius 1 is 0.356 bits per heavy atom. The van der Waals surface area contributed by atoms with Crippen molar-refractivity contribution in [1.82, 2.24) is 19.9 Å². The van der Waals surface area contributed by atoms with Crippen molar-refractivity contribution in [2.75, 3.05) is 0 Å². The first-order valence-corrected chi connectivity index (χ1v) is 19.7. The van der Waals surface area contributed by atoms with Gasteiger partial charge in [0.1, 0.15) is 16.7 Å². The number of aromatic nitrogens is 4. The Morgan fingerprint density at radius 2 is 0.915 bits per heavy atom. The minimum Gasteiger partial charge on any atom is -0.456 e. The Labute approximate surface area is 339 Å². The number of hydrogen-bond donors (Lipinski definition) is 0. The van der Waals surface area contributed by atoms with Crippen molar-refractivity contribution < 1.29 is 8.83 Å². The lowest BCUT2D eigenvalue weighted by molar-refractivity contribution is 0.618. The smallest absolute Gasteiger partial charge is 0.227 e. The van der Waals surface area contributed by atoms with Crippen LogP contribution in [0.15, 0.2) is 203 Å². The second-order valence-corrected chi connectivity index (χ2v) is 14.9. The zero-order valence-corrected chi connectivity index (χ0v) is 31.6. The second kappa shape index (κ2) is 13.0. The lowest BCUT2D eigenvalue weighted by Gasteiger charge is -2.33. The van der Waals surface area contributed by atoms with Crippen molar-refractivity contribution in [2.45, 2.75) is 5.41 Å². The van der Waals surface area contributed by atoms with E-state index in [9.17, 15) is 0 Å². The average molecular weight is 757 g/mol. The third-order valence-corrected chi connectivity index (χ3v) is 11.7. The van der Waals surface area contributed by atoms with E-state index >= 15 is 0 Å². The molecule has 0 N–H and O–H groups in total. The summed E-state index contributed by atoms with van der Waals surface area (Å²) >= 11 is 0. The summed E-state index contributed by atoms with van der Waals surface area (Å²) in [7, 11) is 0. The molecule has 0 unspecified atom stereocenters. The lowest BCUT2D eigenvalue weighted by atomic mass is 9.67. The molecule has 12 rings (SSSR count). The van der Waals surface area contributed by atoms with E-state index < -0.39 is 5.41 Å². The first-order valence-electron chi connectivity index (χ1n) is 19.7. The van der Waals surface area contributed by atoms with Crippen molar-refractivity contribution in [3.63, 3.8) is 0 Å². The Morgan fingerprint density at radius 3 is 1.64 bits per heavy atom. The van der Waals surface area contributed by atoms with Gasteiger partial charge in [0.05, 0.1) is 5.41 Å². The highest BCUT2D eigenvalue weighted by atomic mass is 16.3. The predicted molar refractivity (Wildman–Crippen MR) is 234 cm³/mol. The van der Waals surface area contributed by atoms with Gasteiger partial charge in [0.15, 0.2) is 23.1 Å². The topological polar surface area (TPSA) is 77.8 Å². The Hall–Kier alpha value is -7.96. The van der Waals surface area contributed by atoms with E-state index in [1.54, 1.807) is 0 Å². The molecule has 0 spiro atoms. The maximum Gasteiger partial charge on any atom is 0.227 e. The van der Waals surface area contributed by atoms with Crippen LogP contribution in [0.5, 0.6) is 0 Å². The van der Waals surface area contributed by atoms with E-state index in [4.69, 9.17) is 28.8 Å². The van der Waals surface area contributed by atoms with Gasteiger partial charge in [-0.3, -0.25) is 0 Å². The number of fused-ring (bicyclic) bond motifs is 7. The van der Waals surface area contributed by atoms with Crippen LogP contribution in [0.2, 0.25) is 0 Å². The van der Waals surface area contributed by atoms with Crippen molar-refractivity contribution in [3.05, 3.63) is 216 Å². The van der Waals surface area contributed by atoms with Crippen molar-refractivity contribution in [1.29, 1.82) is 0 Å². The third kappa shape index (κ3) is 5.13. The summed E-state index contributed by atoms with van der Waals surface area (Å²) in [6, 6.07) is 67.0. The van der Waals surface area contributed by atoms with Crippen molar-refractivity contribution in [3.8, 4) is 56.7 Å². The number of benzene rings is 8. The zero-order chi connectivity index (χ0) is 38.9. The number of rotatable bonds is 6. The molecule has 0 saturated carbocycles. The van der Waals surface area contributed by atoms with Gasteiger partial charge in [-0.15, -0.1) is 0 Å². The quantitative estimate of drug-likeness (QED) is 0.168. The first-order chi connectivity index (χ1) is 29.2. The molecule has 59 heavy (non-hydrogen) atoms. The molecule has 11 aromatic rings. The fraction of sp³-hybridized carbons (Fsp3) is 0.0189. The highest BCUT2D eigenvalue weighted by molar-refractivity contribution is 6.11. The molecule has 0 bridgehead atoms. The summed E-state index contributed by atoms with van der Waals surface area (Å²) in [5.74, 6) is 2.38. The Bertz CT molecular complexity index is 3340. The Kier molecular flexibility index (Phi) is 7.34. The lowest BCUT2D eigenvalue weighted by Crippen LogP contribution is -2.28. The molecule has 276 valence electrons. The number of hydrogen-bond acceptors (Lipinski definition) is 6. The molecule has 6 nitrogen and oxygen atoms in total. The molecule has 6 heteroatoms. The van der Waals surface area contributed by atoms with Crippen LogP contribution in [-0.4, -0.2) is 19.9 Å². The van der Waals surface area contributed by atoms with Gasteiger partial charge in [-0.2, -0.15) is 0 Å². The summed E-state index contributed by atoms with van der Waals surface area (Å²) in [6.07, 6.45) is 0. The maximum absolute atomic E-state index is 6.49. The van der Waals surface area contributed by atoms with Crippen LogP contribution in [-0.2, 0) is 5.41 Å². The average Bonchev–Trinajstić information content (AvgIpc) is 4.00. The van der Waals surface area contributed by atoms with E-state index in [0.717, 1.165) is 66.4 Å². The molecule has 0 atom stereocenters. The minimum absolute atomic E-state index is 0.584. The summed E-state index contributed by atoms with van der Waals surface area (Å²) in [5, 5.41) is 2.00. The number of furan rings is 1. The van der Waals surface area contributed by atoms with Gasteiger partial charge >= 0.3 is 0 Å². The highest BCUT2D eigenvalue weighted by Crippen LogP contribution is 2.56. The maximum atomic E-state index is 6.49. The van der Waals surface area contributed by atoms with E-state index in [1.165, 1.54) is 22.3 Å². The van der Waals surface area contributed by atoms with Gasteiger partial charge in [-0.05, 0) is 69.8 Å². The van der Waals surface area contributed by atoms with Crippen LogP contribution in [0.25, 0.3) is 89.8 Å². The SMILES string of the molecule is c1ccc(-c2nc(-c3ccc(C4(c5ccc6nc(-c7ccccc7)oc6c5)c5ccccc5-c5ccccc54)cc3)nc(-c3cccc4oc5ccccc5c34)n2)cc1. The largest absolute Gasteiger partial charge is 0.456 e. The molecule has 0 amide bonds. The summed E-state index contributed by atoms with van der Waals surface area (Å²) in [5.41, 5.74) is 13.2. The van der Waals surface area contributed by atoms with E-state index in [-0.39, 0.29) is 0 Å². The van der Waals surface area contributed by atoms with Crippen molar-refractivity contribution in [2.24, 2.45) is 0 Å². The number of para-hydroxylation sites is 1. The number of oxazole rings is 1. The molecule has 3 heterocycles. The van der Waals surface area contributed by atoms with Crippen LogP contribution in [0.1, 0.15) is 22.3 Å².